The van der Waals surface area contributed by atoms with E-state index in [4.69, 9.17) is 5.11 Å². The molecule has 1 N–H and O–H groups in total. The van der Waals surface area contributed by atoms with Crippen molar-refractivity contribution in [3.8, 4) is 0 Å². The van der Waals surface area contributed by atoms with E-state index in [0.717, 1.165) is 25.9 Å². The molecule has 1 aliphatic heterocycles. The largest absolute Gasteiger partial charge is 0.474 e. The molecule has 5 heteroatoms. The summed E-state index contributed by atoms with van der Waals surface area (Å²) in [6.45, 7) is 4.20. The van der Waals surface area contributed by atoms with Crippen molar-refractivity contribution >= 4 is 11.9 Å². The lowest BCUT2D eigenvalue weighted by Gasteiger charge is -2.28. The molecule has 1 amide bonds. The van der Waals surface area contributed by atoms with Crippen molar-refractivity contribution in [1.82, 2.24) is 9.80 Å². The van der Waals surface area contributed by atoms with E-state index in [9.17, 15) is 9.59 Å². The predicted molar refractivity (Wildman–Crippen MR) is 55.5 cm³/mol. The van der Waals surface area contributed by atoms with E-state index in [2.05, 4.69) is 4.90 Å². The van der Waals surface area contributed by atoms with Crippen LogP contribution in [-0.4, -0.2) is 59.5 Å². The van der Waals surface area contributed by atoms with Crippen molar-refractivity contribution in [3.63, 3.8) is 0 Å². The molecule has 0 aromatic carbocycles. The Morgan fingerprint density at radius 1 is 1.40 bits per heavy atom. The quantitative estimate of drug-likeness (QED) is 0.625. The Morgan fingerprint density at radius 3 is 2.60 bits per heavy atom. The maximum atomic E-state index is 11.4. The van der Waals surface area contributed by atoms with Gasteiger partial charge in [-0.3, -0.25) is 4.79 Å². The van der Waals surface area contributed by atoms with E-state index in [-0.39, 0.29) is 6.04 Å². The molecule has 0 bridgehead atoms. The first-order chi connectivity index (χ1) is 7.06. The maximum absolute atomic E-state index is 11.4. The summed E-state index contributed by atoms with van der Waals surface area (Å²) in [5.41, 5.74) is 0. The Hall–Kier alpha value is -1.10. The molecule has 1 rings (SSSR count). The number of carboxylic acids is 1. The fourth-order valence-corrected chi connectivity index (χ4v) is 1.98. The van der Waals surface area contributed by atoms with Crippen LogP contribution in [0.25, 0.3) is 0 Å². The van der Waals surface area contributed by atoms with Gasteiger partial charge in [0.15, 0.2) is 0 Å². The summed E-state index contributed by atoms with van der Waals surface area (Å²) in [5.74, 6) is -2.12. The van der Waals surface area contributed by atoms with Gasteiger partial charge in [0.25, 0.3) is 0 Å². The van der Waals surface area contributed by atoms with Crippen LogP contribution in [0.3, 0.4) is 0 Å². The molecule has 0 aliphatic carbocycles. The second kappa shape index (κ2) is 5.11. The number of carboxylic acid groups (broad SMARTS) is 1. The molecule has 1 heterocycles. The van der Waals surface area contributed by atoms with Crippen molar-refractivity contribution in [2.75, 3.05) is 26.7 Å². The molecule has 0 aromatic rings. The average molecular weight is 214 g/mol. The van der Waals surface area contributed by atoms with Gasteiger partial charge in [-0.1, -0.05) is 6.92 Å². The van der Waals surface area contributed by atoms with Crippen LogP contribution in [0.1, 0.15) is 19.8 Å². The van der Waals surface area contributed by atoms with Gasteiger partial charge in [-0.25, -0.2) is 4.79 Å². The molecule has 0 aromatic heterocycles. The fraction of sp³-hybridized carbons (Fsp3) is 0.800. The lowest BCUT2D eigenvalue weighted by Crippen LogP contribution is -2.46. The third kappa shape index (κ3) is 2.92. The van der Waals surface area contributed by atoms with Gasteiger partial charge in [0.1, 0.15) is 0 Å². The van der Waals surface area contributed by atoms with Crippen molar-refractivity contribution in [3.05, 3.63) is 0 Å². The molecular formula is C10H18N2O3. The highest BCUT2D eigenvalue weighted by atomic mass is 16.4. The standard InChI is InChI=1S/C10H18N2O3/c1-3-8-7-11(2)5-4-6-12(8)9(13)10(14)15/h8H,3-7H2,1-2H3,(H,14,15). The second-order valence-corrected chi connectivity index (χ2v) is 3.98. The second-order valence-electron chi connectivity index (χ2n) is 3.98. The van der Waals surface area contributed by atoms with E-state index in [1.165, 1.54) is 4.90 Å². The van der Waals surface area contributed by atoms with Crippen molar-refractivity contribution in [1.29, 1.82) is 0 Å². The smallest absolute Gasteiger partial charge is 0.394 e. The van der Waals surface area contributed by atoms with Gasteiger partial charge in [0, 0.05) is 19.1 Å². The summed E-state index contributed by atoms with van der Waals surface area (Å²) in [7, 11) is 2.00. The third-order valence-electron chi connectivity index (χ3n) is 2.82. The predicted octanol–water partition coefficient (Wildman–Crippen LogP) is 0.0137. The number of hydrogen-bond acceptors (Lipinski definition) is 3. The molecule has 1 saturated heterocycles. The summed E-state index contributed by atoms with van der Waals surface area (Å²) in [6, 6.07) is 0.0288. The number of aliphatic carboxylic acids is 1. The summed E-state index contributed by atoms with van der Waals surface area (Å²) < 4.78 is 0. The van der Waals surface area contributed by atoms with Gasteiger partial charge in [0.05, 0.1) is 0 Å². The zero-order chi connectivity index (χ0) is 11.4. The zero-order valence-electron chi connectivity index (χ0n) is 9.27. The van der Waals surface area contributed by atoms with E-state index >= 15 is 0 Å². The molecule has 0 spiro atoms. The van der Waals surface area contributed by atoms with E-state index in [1.54, 1.807) is 0 Å². The number of hydrogen-bond donors (Lipinski definition) is 1. The van der Waals surface area contributed by atoms with Gasteiger partial charge in [0.2, 0.25) is 0 Å². The summed E-state index contributed by atoms with van der Waals surface area (Å²) >= 11 is 0. The minimum Gasteiger partial charge on any atom is -0.474 e. The Bertz CT molecular complexity index is 255. The first-order valence-electron chi connectivity index (χ1n) is 5.28. The van der Waals surface area contributed by atoms with Gasteiger partial charge < -0.3 is 14.9 Å². The average Bonchev–Trinajstić information content (AvgIpc) is 2.38. The SMILES string of the molecule is CCC1CN(C)CCCN1C(=O)C(=O)O. The topological polar surface area (TPSA) is 60.9 Å². The van der Waals surface area contributed by atoms with Crippen LogP contribution in [0, 0.1) is 0 Å². The lowest BCUT2D eigenvalue weighted by molar-refractivity contribution is -0.157. The Morgan fingerprint density at radius 2 is 2.07 bits per heavy atom. The number of nitrogens with zero attached hydrogens (tertiary/aromatic N) is 2. The normalized spacial score (nSPS) is 23.6. The van der Waals surface area contributed by atoms with Crippen LogP contribution >= 0.6 is 0 Å². The fourth-order valence-electron chi connectivity index (χ4n) is 1.98. The van der Waals surface area contributed by atoms with Crippen LogP contribution in [0.5, 0.6) is 0 Å². The maximum Gasteiger partial charge on any atom is 0.394 e. The van der Waals surface area contributed by atoms with Crippen molar-refractivity contribution < 1.29 is 14.7 Å². The number of carbonyl (C=O) groups is 2. The minimum atomic E-state index is -1.35. The first kappa shape index (κ1) is 12.0. The molecule has 0 radical (unpaired) electrons. The monoisotopic (exact) mass is 214 g/mol. The molecule has 5 nitrogen and oxygen atoms in total. The van der Waals surface area contributed by atoms with Gasteiger partial charge in [-0.05, 0) is 26.4 Å². The number of likely N-dealkylation sites (N-methyl/N-ethyl adjacent to an activating group) is 1. The number of amides is 1. The van der Waals surface area contributed by atoms with Crippen LogP contribution < -0.4 is 0 Å². The highest BCUT2D eigenvalue weighted by molar-refractivity contribution is 6.31. The van der Waals surface area contributed by atoms with Crippen LogP contribution in [0.4, 0.5) is 0 Å². The molecule has 1 fully saturated rings. The molecule has 1 atom stereocenters. The van der Waals surface area contributed by atoms with Gasteiger partial charge in [-0.2, -0.15) is 0 Å². The van der Waals surface area contributed by atoms with Gasteiger partial charge >= 0.3 is 11.9 Å². The minimum absolute atomic E-state index is 0.0288. The third-order valence-corrected chi connectivity index (χ3v) is 2.82. The van der Waals surface area contributed by atoms with E-state index in [1.807, 2.05) is 14.0 Å². The number of rotatable bonds is 1. The van der Waals surface area contributed by atoms with Crippen LogP contribution in [0.2, 0.25) is 0 Å². The highest BCUT2D eigenvalue weighted by Gasteiger charge is 2.29. The van der Waals surface area contributed by atoms with E-state index in [0.29, 0.717) is 6.54 Å². The highest BCUT2D eigenvalue weighted by Crippen LogP contribution is 2.12. The summed E-state index contributed by atoms with van der Waals surface area (Å²) in [4.78, 5) is 25.7. The molecule has 86 valence electrons. The molecule has 0 saturated carbocycles. The Balaban J connectivity index is 2.75. The van der Waals surface area contributed by atoms with Crippen molar-refractivity contribution in [2.24, 2.45) is 0 Å². The Kier molecular flexibility index (Phi) is 4.08. The Labute approximate surface area is 89.7 Å². The van der Waals surface area contributed by atoms with E-state index < -0.39 is 11.9 Å². The molecule has 15 heavy (non-hydrogen) atoms. The summed E-state index contributed by atoms with van der Waals surface area (Å²) in [5, 5.41) is 8.70. The number of carbonyl (C=O) groups excluding carboxylic acids is 1. The summed E-state index contributed by atoms with van der Waals surface area (Å²) in [6.07, 6.45) is 1.63. The van der Waals surface area contributed by atoms with Crippen LogP contribution in [-0.2, 0) is 9.59 Å². The first-order valence-corrected chi connectivity index (χ1v) is 5.28. The lowest BCUT2D eigenvalue weighted by atomic mass is 10.2. The molecule has 1 aliphatic rings. The van der Waals surface area contributed by atoms with Gasteiger partial charge in [-0.15, -0.1) is 0 Å². The molecular weight excluding hydrogens is 196 g/mol. The molecule has 1 unspecified atom stereocenters. The van der Waals surface area contributed by atoms with Crippen molar-refractivity contribution in [2.45, 2.75) is 25.8 Å². The zero-order valence-corrected chi connectivity index (χ0v) is 9.27. The van der Waals surface area contributed by atoms with Crippen LogP contribution in [0.15, 0.2) is 0 Å².